The molecule has 2 heterocycles. The maximum Gasteiger partial charge on any atom is 0.232 e. The minimum atomic E-state index is 0.183. The molecule has 0 spiro atoms. The predicted molar refractivity (Wildman–Crippen MR) is 68.7 cm³/mol. The van der Waals surface area contributed by atoms with E-state index in [0.29, 0.717) is 23.6 Å². The first kappa shape index (κ1) is 12.2. The van der Waals surface area contributed by atoms with Gasteiger partial charge in [0.25, 0.3) is 0 Å². The molecule has 2 aliphatic heterocycles. The van der Waals surface area contributed by atoms with Crippen LogP contribution < -0.4 is 5.32 Å². The molecule has 2 rings (SSSR count). The third-order valence-corrected chi connectivity index (χ3v) is 4.65. The van der Waals surface area contributed by atoms with E-state index in [-0.39, 0.29) is 4.75 Å². The van der Waals surface area contributed by atoms with E-state index in [4.69, 9.17) is 0 Å². The lowest BCUT2D eigenvalue weighted by atomic mass is 10.1. The lowest BCUT2D eigenvalue weighted by molar-refractivity contribution is -0.129. The molecule has 0 aromatic rings. The number of carbonyl (C=O) groups is 1. The molecule has 1 amide bonds. The summed E-state index contributed by atoms with van der Waals surface area (Å²) in [6.07, 6.45) is 1.18. The monoisotopic (exact) mass is 242 g/mol. The summed E-state index contributed by atoms with van der Waals surface area (Å²) in [6, 6.07) is 0.480. The van der Waals surface area contributed by atoms with Crippen molar-refractivity contribution < 1.29 is 4.79 Å². The van der Waals surface area contributed by atoms with Crippen LogP contribution in [0.1, 0.15) is 27.2 Å². The molecule has 1 N–H and O–H groups in total. The summed E-state index contributed by atoms with van der Waals surface area (Å²) in [5.41, 5.74) is 0. The molecule has 2 aliphatic rings. The second-order valence-corrected chi connectivity index (χ2v) is 7.56. The lowest BCUT2D eigenvalue weighted by Crippen LogP contribution is -2.40. The number of nitrogens with one attached hydrogen (secondary N) is 1. The molecule has 0 saturated carbocycles. The highest BCUT2D eigenvalue weighted by molar-refractivity contribution is 8.01. The van der Waals surface area contributed by atoms with Crippen LogP contribution in [0, 0.1) is 5.92 Å². The van der Waals surface area contributed by atoms with Crippen molar-refractivity contribution in [3.8, 4) is 0 Å². The third kappa shape index (κ3) is 2.72. The van der Waals surface area contributed by atoms with Crippen molar-refractivity contribution in [1.29, 1.82) is 0 Å². The summed E-state index contributed by atoms with van der Waals surface area (Å²) in [4.78, 5) is 14.2. The first-order valence-corrected chi connectivity index (χ1v) is 7.10. The number of rotatable bonds is 2. The van der Waals surface area contributed by atoms with Crippen LogP contribution in [0.5, 0.6) is 0 Å². The number of thioether (sulfide) groups is 1. The van der Waals surface area contributed by atoms with Crippen molar-refractivity contribution >= 4 is 17.7 Å². The van der Waals surface area contributed by atoms with Crippen molar-refractivity contribution in [1.82, 2.24) is 10.2 Å². The van der Waals surface area contributed by atoms with E-state index in [0.717, 1.165) is 19.6 Å². The molecule has 92 valence electrons. The fraction of sp³-hybridized carbons (Fsp3) is 0.917. The van der Waals surface area contributed by atoms with E-state index >= 15 is 0 Å². The summed E-state index contributed by atoms with van der Waals surface area (Å²) in [5.74, 6) is 1.67. The van der Waals surface area contributed by atoms with E-state index in [1.807, 2.05) is 0 Å². The molecule has 2 fully saturated rings. The van der Waals surface area contributed by atoms with Crippen molar-refractivity contribution in [2.75, 3.05) is 25.4 Å². The standard InChI is InChI=1S/C12H22N2OS/c1-12(2,3)16-8-11(15)14-5-4-9-6-13-7-10(9)14/h9-10,13H,4-8H2,1-3H3/t9-,10+/m0/s1. The smallest absolute Gasteiger partial charge is 0.232 e. The first-order valence-electron chi connectivity index (χ1n) is 6.11. The average Bonchev–Trinajstić information content (AvgIpc) is 2.73. The molecule has 2 saturated heterocycles. The molecule has 0 aliphatic carbocycles. The second-order valence-electron chi connectivity index (χ2n) is 5.76. The van der Waals surface area contributed by atoms with Crippen LogP contribution in [-0.4, -0.2) is 47.0 Å². The maximum atomic E-state index is 12.1. The lowest BCUT2D eigenvalue weighted by Gasteiger charge is -2.25. The number of nitrogens with zero attached hydrogens (tertiary/aromatic N) is 1. The van der Waals surface area contributed by atoms with E-state index in [2.05, 4.69) is 31.0 Å². The van der Waals surface area contributed by atoms with Gasteiger partial charge in [-0.2, -0.15) is 0 Å². The first-order chi connectivity index (χ1) is 7.47. The van der Waals surface area contributed by atoms with Gasteiger partial charge in [-0.1, -0.05) is 20.8 Å². The Hall–Kier alpha value is -0.220. The van der Waals surface area contributed by atoms with Crippen LogP contribution in [0.4, 0.5) is 0 Å². The van der Waals surface area contributed by atoms with Gasteiger partial charge in [-0.05, 0) is 12.3 Å². The van der Waals surface area contributed by atoms with Crippen molar-refractivity contribution in [3.05, 3.63) is 0 Å². The average molecular weight is 242 g/mol. The molecule has 0 aromatic carbocycles. The van der Waals surface area contributed by atoms with Gasteiger partial charge in [-0.15, -0.1) is 11.8 Å². The molecule has 16 heavy (non-hydrogen) atoms. The molecule has 4 heteroatoms. The predicted octanol–water partition coefficient (Wildman–Crippen LogP) is 1.34. The zero-order valence-electron chi connectivity index (χ0n) is 10.5. The molecule has 0 aromatic heterocycles. The van der Waals surface area contributed by atoms with Gasteiger partial charge >= 0.3 is 0 Å². The zero-order chi connectivity index (χ0) is 11.8. The van der Waals surface area contributed by atoms with Crippen molar-refractivity contribution in [2.45, 2.75) is 38.0 Å². The molecule has 2 atom stereocenters. The SMILES string of the molecule is CC(C)(C)SCC(=O)N1CC[C@H]2CNC[C@H]21. The van der Waals surface area contributed by atoms with Crippen LogP contribution in [0.2, 0.25) is 0 Å². The van der Waals surface area contributed by atoms with Gasteiger partial charge in [0.1, 0.15) is 0 Å². The Balaban J connectivity index is 1.86. The Labute approximate surface area is 102 Å². The van der Waals surface area contributed by atoms with E-state index in [9.17, 15) is 4.79 Å². The third-order valence-electron chi connectivity index (χ3n) is 3.39. The fourth-order valence-electron chi connectivity index (χ4n) is 2.52. The Kier molecular flexibility index (Phi) is 3.50. The quantitative estimate of drug-likeness (QED) is 0.793. The molecular formula is C12H22N2OS. The van der Waals surface area contributed by atoms with Crippen molar-refractivity contribution in [3.63, 3.8) is 0 Å². The number of fused-ring (bicyclic) bond motifs is 1. The number of hydrogen-bond acceptors (Lipinski definition) is 3. The van der Waals surface area contributed by atoms with Gasteiger partial charge in [0.2, 0.25) is 5.91 Å². The number of carbonyl (C=O) groups excluding carboxylic acids is 1. The maximum absolute atomic E-state index is 12.1. The molecule has 0 bridgehead atoms. The Bertz CT molecular complexity index is 275. The summed E-state index contributed by atoms with van der Waals surface area (Å²) in [6.45, 7) is 9.55. The van der Waals surface area contributed by atoms with Crippen LogP contribution in [0.15, 0.2) is 0 Å². The molecule has 0 unspecified atom stereocenters. The summed E-state index contributed by atoms with van der Waals surface area (Å²) in [7, 11) is 0. The van der Waals surface area contributed by atoms with Crippen LogP contribution >= 0.6 is 11.8 Å². The van der Waals surface area contributed by atoms with Crippen LogP contribution in [0.3, 0.4) is 0 Å². The summed E-state index contributed by atoms with van der Waals surface area (Å²) in [5, 5.41) is 3.38. The van der Waals surface area contributed by atoms with Gasteiger partial charge < -0.3 is 10.2 Å². The van der Waals surface area contributed by atoms with Crippen LogP contribution in [0.25, 0.3) is 0 Å². The minimum Gasteiger partial charge on any atom is -0.337 e. The van der Waals surface area contributed by atoms with E-state index in [1.54, 1.807) is 11.8 Å². The van der Waals surface area contributed by atoms with Gasteiger partial charge in [0.15, 0.2) is 0 Å². The van der Waals surface area contributed by atoms with Gasteiger partial charge in [0, 0.05) is 30.4 Å². The highest BCUT2D eigenvalue weighted by Crippen LogP contribution is 2.29. The Morgan fingerprint density at radius 3 is 2.88 bits per heavy atom. The second kappa shape index (κ2) is 4.57. The number of hydrogen-bond donors (Lipinski definition) is 1. The number of likely N-dealkylation sites (tertiary alicyclic amines) is 1. The van der Waals surface area contributed by atoms with Crippen LogP contribution in [-0.2, 0) is 4.79 Å². The number of amides is 1. The Morgan fingerprint density at radius 2 is 2.19 bits per heavy atom. The minimum absolute atomic E-state index is 0.183. The molecule has 3 nitrogen and oxygen atoms in total. The highest BCUT2D eigenvalue weighted by Gasteiger charge is 2.39. The molecular weight excluding hydrogens is 220 g/mol. The molecule has 0 radical (unpaired) electrons. The highest BCUT2D eigenvalue weighted by atomic mass is 32.2. The largest absolute Gasteiger partial charge is 0.337 e. The van der Waals surface area contributed by atoms with Gasteiger partial charge in [-0.25, -0.2) is 0 Å². The van der Waals surface area contributed by atoms with Crippen molar-refractivity contribution in [2.24, 2.45) is 5.92 Å². The topological polar surface area (TPSA) is 32.3 Å². The Morgan fingerprint density at radius 1 is 1.44 bits per heavy atom. The zero-order valence-corrected chi connectivity index (χ0v) is 11.3. The van der Waals surface area contributed by atoms with E-state index < -0.39 is 0 Å². The fourth-order valence-corrected chi connectivity index (χ4v) is 3.24. The summed E-state index contributed by atoms with van der Waals surface area (Å²) >= 11 is 1.75. The normalized spacial score (nSPS) is 29.6. The summed E-state index contributed by atoms with van der Waals surface area (Å²) < 4.78 is 0.183. The van der Waals surface area contributed by atoms with Gasteiger partial charge in [0.05, 0.1) is 5.75 Å². The van der Waals surface area contributed by atoms with E-state index in [1.165, 1.54) is 6.42 Å². The van der Waals surface area contributed by atoms with Gasteiger partial charge in [-0.3, -0.25) is 4.79 Å².